The van der Waals surface area contributed by atoms with Gasteiger partial charge in [0.25, 0.3) is 0 Å². The van der Waals surface area contributed by atoms with Crippen LogP contribution in [-0.4, -0.2) is 49.6 Å². The molecule has 1 fully saturated rings. The van der Waals surface area contributed by atoms with E-state index in [0.717, 1.165) is 37.9 Å². The minimum atomic E-state index is 0.698. The van der Waals surface area contributed by atoms with Crippen molar-refractivity contribution < 1.29 is 0 Å². The van der Waals surface area contributed by atoms with E-state index < -0.39 is 0 Å². The van der Waals surface area contributed by atoms with Crippen molar-refractivity contribution >= 4 is 5.96 Å². The number of likely N-dealkylation sites (tertiary alicyclic amines) is 1. The first-order valence-corrected chi connectivity index (χ1v) is 7.02. The molecule has 2 rings (SSSR count). The van der Waals surface area contributed by atoms with Crippen molar-refractivity contribution in [1.82, 2.24) is 15.5 Å². The van der Waals surface area contributed by atoms with Crippen LogP contribution in [0.4, 0.5) is 0 Å². The molecule has 0 spiro atoms. The Balaban J connectivity index is 1.75. The molecule has 1 saturated heterocycles. The second-order valence-corrected chi connectivity index (χ2v) is 5.58. The van der Waals surface area contributed by atoms with Gasteiger partial charge in [0.05, 0.1) is 0 Å². The van der Waals surface area contributed by atoms with E-state index in [1.807, 2.05) is 0 Å². The van der Waals surface area contributed by atoms with E-state index in [-0.39, 0.29) is 0 Å². The standard InChI is InChI=1S/C13H26N4/c1-11(2)10-17-8-3-5-12(17)9-16-13-14-6-4-7-15-13/h11-12H,3-10H2,1-2H3,(H2,14,15,16)/t12-/m1/s1. The summed E-state index contributed by atoms with van der Waals surface area (Å²) in [7, 11) is 0. The van der Waals surface area contributed by atoms with Crippen LogP contribution in [0.3, 0.4) is 0 Å². The van der Waals surface area contributed by atoms with Gasteiger partial charge in [0.1, 0.15) is 0 Å². The van der Waals surface area contributed by atoms with Gasteiger partial charge in [0, 0.05) is 32.2 Å². The zero-order valence-electron chi connectivity index (χ0n) is 11.2. The Bertz CT molecular complexity index is 262. The van der Waals surface area contributed by atoms with Crippen molar-refractivity contribution in [1.29, 1.82) is 0 Å². The number of nitrogens with one attached hydrogen (secondary N) is 2. The van der Waals surface area contributed by atoms with E-state index in [4.69, 9.17) is 0 Å². The van der Waals surface area contributed by atoms with Gasteiger partial charge >= 0.3 is 0 Å². The smallest absolute Gasteiger partial charge is 0.191 e. The summed E-state index contributed by atoms with van der Waals surface area (Å²) in [5, 5.41) is 6.78. The van der Waals surface area contributed by atoms with E-state index in [1.54, 1.807) is 0 Å². The third-order valence-electron chi connectivity index (χ3n) is 3.50. The van der Waals surface area contributed by atoms with E-state index in [9.17, 15) is 0 Å². The summed E-state index contributed by atoms with van der Waals surface area (Å²) in [5.74, 6) is 1.77. The van der Waals surface area contributed by atoms with Gasteiger partial charge in [-0.2, -0.15) is 0 Å². The number of hydrogen-bond acceptors (Lipinski definition) is 4. The summed E-state index contributed by atoms with van der Waals surface area (Å²) in [5.41, 5.74) is 0. The van der Waals surface area contributed by atoms with Crippen LogP contribution < -0.4 is 10.6 Å². The van der Waals surface area contributed by atoms with Gasteiger partial charge in [-0.15, -0.1) is 0 Å². The average molecular weight is 238 g/mol. The molecule has 0 saturated carbocycles. The lowest BCUT2D eigenvalue weighted by molar-refractivity contribution is 0.226. The second kappa shape index (κ2) is 6.24. The highest BCUT2D eigenvalue weighted by molar-refractivity contribution is 5.80. The largest absolute Gasteiger partial charge is 0.356 e. The molecule has 0 radical (unpaired) electrons. The maximum Gasteiger partial charge on any atom is 0.191 e. The summed E-state index contributed by atoms with van der Waals surface area (Å²) >= 11 is 0. The summed E-state index contributed by atoms with van der Waals surface area (Å²) < 4.78 is 0. The SMILES string of the molecule is CC(C)CN1CCC[C@@H]1CNC1=NCCCN1. The lowest BCUT2D eigenvalue weighted by Gasteiger charge is -2.27. The highest BCUT2D eigenvalue weighted by atomic mass is 15.2. The predicted molar refractivity (Wildman–Crippen MR) is 72.4 cm³/mol. The van der Waals surface area contributed by atoms with Crippen molar-refractivity contribution in [2.75, 3.05) is 32.7 Å². The Morgan fingerprint density at radius 3 is 3.06 bits per heavy atom. The molecule has 0 aromatic rings. The number of guanidine groups is 1. The van der Waals surface area contributed by atoms with Gasteiger partial charge in [0.15, 0.2) is 5.96 Å². The Hall–Kier alpha value is -0.770. The Kier molecular flexibility index (Phi) is 4.66. The van der Waals surface area contributed by atoms with E-state index >= 15 is 0 Å². The second-order valence-electron chi connectivity index (χ2n) is 5.58. The molecule has 0 unspecified atom stereocenters. The number of aliphatic imine (C=N–C) groups is 1. The molecule has 4 heteroatoms. The quantitative estimate of drug-likeness (QED) is 0.769. The summed E-state index contributed by atoms with van der Waals surface area (Å²) in [6, 6.07) is 0.698. The van der Waals surface area contributed by atoms with Crippen LogP contribution in [0, 0.1) is 5.92 Å². The summed E-state index contributed by atoms with van der Waals surface area (Å²) in [6.07, 6.45) is 3.83. The molecule has 1 atom stereocenters. The van der Waals surface area contributed by atoms with E-state index in [0.29, 0.717) is 6.04 Å². The molecule has 0 amide bonds. The van der Waals surface area contributed by atoms with Gasteiger partial charge in [-0.25, -0.2) is 0 Å². The van der Waals surface area contributed by atoms with Crippen molar-refractivity contribution in [3.8, 4) is 0 Å². The topological polar surface area (TPSA) is 39.7 Å². The van der Waals surface area contributed by atoms with E-state index in [1.165, 1.54) is 25.9 Å². The van der Waals surface area contributed by atoms with Crippen molar-refractivity contribution in [2.24, 2.45) is 10.9 Å². The van der Waals surface area contributed by atoms with Crippen LogP contribution in [0.15, 0.2) is 4.99 Å². The van der Waals surface area contributed by atoms with Gasteiger partial charge in [-0.05, 0) is 31.7 Å². The maximum atomic E-state index is 4.45. The molecule has 2 aliphatic heterocycles. The monoisotopic (exact) mass is 238 g/mol. The van der Waals surface area contributed by atoms with Crippen LogP contribution in [0.25, 0.3) is 0 Å². The lowest BCUT2D eigenvalue weighted by Crippen LogP contribution is -2.47. The minimum Gasteiger partial charge on any atom is -0.356 e. The highest BCUT2D eigenvalue weighted by Crippen LogP contribution is 2.17. The first-order valence-electron chi connectivity index (χ1n) is 7.02. The fourth-order valence-electron chi connectivity index (χ4n) is 2.70. The van der Waals surface area contributed by atoms with Crippen LogP contribution in [0.5, 0.6) is 0 Å². The van der Waals surface area contributed by atoms with Gasteiger partial charge in [-0.3, -0.25) is 9.89 Å². The zero-order chi connectivity index (χ0) is 12.1. The molecule has 17 heavy (non-hydrogen) atoms. The highest BCUT2D eigenvalue weighted by Gasteiger charge is 2.24. The Morgan fingerprint density at radius 1 is 1.47 bits per heavy atom. The predicted octanol–water partition coefficient (Wildman–Crippen LogP) is 1.05. The molecule has 0 aliphatic carbocycles. The molecule has 4 nitrogen and oxygen atoms in total. The van der Waals surface area contributed by atoms with Crippen molar-refractivity contribution in [3.63, 3.8) is 0 Å². The number of rotatable bonds is 4. The third-order valence-corrected chi connectivity index (χ3v) is 3.50. The normalized spacial score (nSPS) is 25.8. The van der Waals surface area contributed by atoms with Crippen molar-refractivity contribution in [2.45, 2.75) is 39.2 Å². The van der Waals surface area contributed by atoms with Crippen LogP contribution >= 0.6 is 0 Å². The molecule has 0 aromatic heterocycles. The first kappa shape index (κ1) is 12.7. The first-order chi connectivity index (χ1) is 8.25. The third kappa shape index (κ3) is 3.87. The molecule has 0 aromatic carbocycles. The van der Waals surface area contributed by atoms with Gasteiger partial charge < -0.3 is 10.6 Å². The maximum absolute atomic E-state index is 4.45. The Labute approximate surface area is 105 Å². The molecule has 2 heterocycles. The molecule has 2 aliphatic rings. The van der Waals surface area contributed by atoms with Gasteiger partial charge in [-0.1, -0.05) is 13.8 Å². The Morgan fingerprint density at radius 2 is 2.35 bits per heavy atom. The lowest BCUT2D eigenvalue weighted by atomic mass is 10.1. The van der Waals surface area contributed by atoms with Crippen LogP contribution in [-0.2, 0) is 0 Å². The summed E-state index contributed by atoms with van der Waals surface area (Å²) in [6.45, 7) is 10.2. The van der Waals surface area contributed by atoms with E-state index in [2.05, 4.69) is 34.4 Å². The number of hydrogen-bond donors (Lipinski definition) is 2. The number of nitrogens with zero attached hydrogens (tertiary/aromatic N) is 2. The molecule has 0 bridgehead atoms. The average Bonchev–Trinajstić information content (AvgIpc) is 2.74. The van der Waals surface area contributed by atoms with Crippen LogP contribution in [0.2, 0.25) is 0 Å². The summed E-state index contributed by atoms with van der Waals surface area (Å²) in [4.78, 5) is 7.08. The molecule has 2 N–H and O–H groups in total. The zero-order valence-corrected chi connectivity index (χ0v) is 11.2. The molecule has 98 valence electrons. The fourth-order valence-corrected chi connectivity index (χ4v) is 2.70. The fraction of sp³-hybridized carbons (Fsp3) is 0.923. The molecular formula is C13H26N4. The van der Waals surface area contributed by atoms with Crippen molar-refractivity contribution in [3.05, 3.63) is 0 Å². The van der Waals surface area contributed by atoms with Crippen LogP contribution in [0.1, 0.15) is 33.1 Å². The minimum absolute atomic E-state index is 0.698. The molecular weight excluding hydrogens is 212 g/mol. The van der Waals surface area contributed by atoms with Gasteiger partial charge in [0.2, 0.25) is 0 Å².